The van der Waals surface area contributed by atoms with E-state index < -0.39 is 22.8 Å². The summed E-state index contributed by atoms with van der Waals surface area (Å²) in [4.78, 5) is 7.03. The fourth-order valence-electron chi connectivity index (χ4n) is 3.80. The topological polar surface area (TPSA) is 28.7 Å². The number of nitrogens with zero attached hydrogens (tertiary/aromatic N) is 1. The van der Waals surface area contributed by atoms with Gasteiger partial charge in [-0.15, -0.1) is 0 Å². The first kappa shape index (κ1) is 19.4. The molecule has 2 heterocycles. The largest absolute Gasteiger partial charge is 0.394 e. The maximum absolute atomic E-state index is 14.1. The van der Waals surface area contributed by atoms with Crippen molar-refractivity contribution < 1.29 is 17.6 Å². The quantitative estimate of drug-likeness (QED) is 0.528. The molecule has 0 saturated carbocycles. The number of benzene rings is 1. The summed E-state index contributed by atoms with van der Waals surface area (Å²) in [6, 6.07) is 9.30. The van der Waals surface area contributed by atoms with Gasteiger partial charge >= 0.3 is 6.18 Å². The Labute approximate surface area is 155 Å². The van der Waals surface area contributed by atoms with Crippen molar-refractivity contribution in [2.45, 2.75) is 45.2 Å². The fraction of sp³-hybridized carbons (Fsp3) is 0.381. The van der Waals surface area contributed by atoms with Crippen molar-refractivity contribution >= 4 is 10.9 Å². The van der Waals surface area contributed by atoms with E-state index in [0.717, 1.165) is 5.39 Å². The van der Waals surface area contributed by atoms with Crippen molar-refractivity contribution in [3.63, 3.8) is 0 Å². The van der Waals surface area contributed by atoms with Crippen molar-refractivity contribution in [2.75, 3.05) is 0 Å². The first-order chi connectivity index (χ1) is 12.5. The van der Waals surface area contributed by atoms with Crippen LogP contribution in [0.1, 0.15) is 38.4 Å². The summed E-state index contributed by atoms with van der Waals surface area (Å²) >= 11 is 0. The molecule has 27 heavy (non-hydrogen) atoms. The van der Waals surface area contributed by atoms with E-state index in [2.05, 4.69) is 9.97 Å². The van der Waals surface area contributed by atoms with Gasteiger partial charge in [-0.3, -0.25) is 4.98 Å². The van der Waals surface area contributed by atoms with Gasteiger partial charge in [0.25, 0.3) is 0 Å². The second-order valence-electron chi connectivity index (χ2n) is 8.06. The van der Waals surface area contributed by atoms with Crippen LogP contribution < -0.4 is 0 Å². The van der Waals surface area contributed by atoms with E-state index in [-0.39, 0.29) is 12.8 Å². The molecule has 0 aliphatic carbocycles. The Kier molecular flexibility index (Phi) is 4.78. The van der Waals surface area contributed by atoms with Crippen LogP contribution in [-0.2, 0) is 11.8 Å². The average molecular weight is 378 g/mol. The normalized spacial score (nSPS) is 15.1. The summed E-state index contributed by atoms with van der Waals surface area (Å²) in [5, 5.41) is 0.828. The molecule has 0 amide bonds. The zero-order valence-electron chi connectivity index (χ0n) is 15.5. The van der Waals surface area contributed by atoms with Crippen molar-refractivity contribution in [3.8, 4) is 0 Å². The number of alkyl halides is 3. The smallest absolute Gasteiger partial charge is 0.357 e. The van der Waals surface area contributed by atoms with Crippen LogP contribution in [0.25, 0.3) is 10.9 Å². The molecule has 3 rings (SSSR count). The summed E-state index contributed by atoms with van der Waals surface area (Å²) < 4.78 is 55.8. The Morgan fingerprint density at radius 1 is 1.04 bits per heavy atom. The van der Waals surface area contributed by atoms with Gasteiger partial charge in [0.2, 0.25) is 0 Å². The van der Waals surface area contributed by atoms with Crippen LogP contribution in [0.4, 0.5) is 17.6 Å². The molecule has 2 nitrogen and oxygen atoms in total. The molecule has 6 heteroatoms. The van der Waals surface area contributed by atoms with Crippen molar-refractivity contribution in [3.05, 3.63) is 65.9 Å². The summed E-state index contributed by atoms with van der Waals surface area (Å²) in [5.41, 5.74) is -1.05. The van der Waals surface area contributed by atoms with Crippen molar-refractivity contribution in [1.29, 1.82) is 0 Å². The number of hydrogen-bond donors (Lipinski definition) is 1. The lowest BCUT2D eigenvalue weighted by atomic mass is 9.68. The number of aromatic amines is 1. The number of pyridine rings is 1. The molecule has 0 radical (unpaired) electrons. The van der Waals surface area contributed by atoms with E-state index in [1.807, 2.05) is 0 Å². The van der Waals surface area contributed by atoms with Crippen LogP contribution in [0.2, 0.25) is 0 Å². The van der Waals surface area contributed by atoms with Crippen LogP contribution >= 0.6 is 0 Å². The summed E-state index contributed by atoms with van der Waals surface area (Å²) in [7, 11) is 0. The predicted molar refractivity (Wildman–Crippen MR) is 98.0 cm³/mol. The Morgan fingerprint density at radius 2 is 1.78 bits per heavy atom. The van der Waals surface area contributed by atoms with Crippen LogP contribution in [0.15, 0.2) is 48.8 Å². The predicted octanol–water partition coefficient (Wildman–Crippen LogP) is 6.18. The molecule has 1 unspecified atom stereocenters. The third kappa shape index (κ3) is 3.99. The highest BCUT2D eigenvalue weighted by Crippen LogP contribution is 2.49. The lowest BCUT2D eigenvalue weighted by Gasteiger charge is -2.39. The number of hydrogen-bond acceptors (Lipinski definition) is 1. The molecule has 0 aliphatic rings. The van der Waals surface area contributed by atoms with E-state index >= 15 is 0 Å². The molecule has 0 bridgehead atoms. The minimum atomic E-state index is -4.41. The minimum Gasteiger partial charge on any atom is -0.357 e. The zero-order chi connectivity index (χ0) is 19.9. The van der Waals surface area contributed by atoms with Gasteiger partial charge in [-0.25, -0.2) is 4.39 Å². The molecule has 0 aliphatic heterocycles. The van der Waals surface area contributed by atoms with Crippen LogP contribution in [0, 0.1) is 11.2 Å². The average Bonchev–Trinajstić information content (AvgIpc) is 2.95. The number of aromatic nitrogens is 2. The SMILES string of the molecule is CC(C)(CC(C)(Cc1cc2ccncc2[nH]1)C(F)(F)F)c1cccc(F)c1. The number of rotatable bonds is 5. The van der Waals surface area contributed by atoms with Gasteiger partial charge in [0.1, 0.15) is 5.82 Å². The van der Waals surface area contributed by atoms with Crippen LogP contribution in [0.3, 0.4) is 0 Å². The van der Waals surface area contributed by atoms with Crippen LogP contribution in [-0.4, -0.2) is 16.1 Å². The molecule has 1 atom stereocenters. The van der Waals surface area contributed by atoms with E-state index in [0.29, 0.717) is 16.8 Å². The summed E-state index contributed by atoms with van der Waals surface area (Å²) in [6.07, 6.45) is -1.56. The van der Waals surface area contributed by atoms with Gasteiger partial charge in [-0.2, -0.15) is 13.2 Å². The third-order valence-corrected chi connectivity index (χ3v) is 5.18. The maximum Gasteiger partial charge on any atom is 0.394 e. The highest BCUT2D eigenvalue weighted by Gasteiger charge is 2.53. The fourth-order valence-corrected chi connectivity index (χ4v) is 3.80. The Balaban J connectivity index is 1.94. The molecule has 0 fully saturated rings. The standard InChI is InChI=1S/C21H22F4N2/c1-19(2,15-5-4-6-16(22)10-15)13-20(3,21(23,24)25)11-17-9-14-7-8-26-12-18(14)27-17/h4-10,12,27H,11,13H2,1-3H3. The first-order valence-corrected chi connectivity index (χ1v) is 8.75. The van der Waals surface area contributed by atoms with Gasteiger partial charge in [0.15, 0.2) is 0 Å². The highest BCUT2D eigenvalue weighted by atomic mass is 19.4. The number of fused-ring (bicyclic) bond motifs is 1. The molecule has 144 valence electrons. The van der Waals surface area contributed by atoms with Gasteiger partial charge in [0.05, 0.1) is 17.1 Å². The zero-order valence-corrected chi connectivity index (χ0v) is 15.5. The Bertz CT molecular complexity index is 910. The Morgan fingerprint density at radius 3 is 2.41 bits per heavy atom. The molecule has 0 spiro atoms. The summed E-state index contributed by atoms with van der Waals surface area (Å²) in [6.45, 7) is 4.68. The second-order valence-corrected chi connectivity index (χ2v) is 8.06. The second kappa shape index (κ2) is 6.66. The van der Waals surface area contributed by atoms with E-state index in [1.165, 1.54) is 25.1 Å². The molecular weight excluding hydrogens is 356 g/mol. The third-order valence-electron chi connectivity index (χ3n) is 5.18. The maximum atomic E-state index is 14.1. The monoisotopic (exact) mass is 378 g/mol. The van der Waals surface area contributed by atoms with E-state index in [9.17, 15) is 17.6 Å². The van der Waals surface area contributed by atoms with Crippen molar-refractivity contribution in [1.82, 2.24) is 9.97 Å². The van der Waals surface area contributed by atoms with E-state index in [4.69, 9.17) is 0 Å². The van der Waals surface area contributed by atoms with Crippen molar-refractivity contribution in [2.24, 2.45) is 5.41 Å². The molecule has 1 N–H and O–H groups in total. The number of H-pyrrole nitrogens is 1. The Hall–Kier alpha value is -2.37. The molecule has 1 aromatic carbocycles. The lowest BCUT2D eigenvalue weighted by Crippen LogP contribution is -2.42. The highest BCUT2D eigenvalue weighted by molar-refractivity contribution is 5.79. The molecule has 0 saturated heterocycles. The lowest BCUT2D eigenvalue weighted by molar-refractivity contribution is -0.224. The number of halogens is 4. The molecule has 2 aromatic heterocycles. The van der Waals surface area contributed by atoms with Gasteiger partial charge in [-0.1, -0.05) is 32.9 Å². The summed E-state index contributed by atoms with van der Waals surface area (Å²) in [5.74, 6) is -0.447. The number of nitrogens with one attached hydrogen (secondary N) is 1. The first-order valence-electron chi connectivity index (χ1n) is 8.75. The molecule has 3 aromatic rings. The van der Waals surface area contributed by atoms with Crippen LogP contribution in [0.5, 0.6) is 0 Å². The van der Waals surface area contributed by atoms with Gasteiger partial charge < -0.3 is 4.98 Å². The van der Waals surface area contributed by atoms with E-state index in [1.54, 1.807) is 44.4 Å². The molecular formula is C21H22F4N2. The van der Waals surface area contributed by atoms with Gasteiger partial charge in [-0.05, 0) is 41.7 Å². The minimum absolute atomic E-state index is 0.166. The van der Waals surface area contributed by atoms with Gasteiger partial charge in [0, 0.05) is 23.7 Å².